The van der Waals surface area contributed by atoms with E-state index in [0.29, 0.717) is 29.4 Å². The lowest BCUT2D eigenvalue weighted by molar-refractivity contribution is 0.0217. The molecule has 0 saturated carbocycles. The number of nitrogens with zero attached hydrogens (tertiary/aromatic N) is 1. The fourth-order valence-corrected chi connectivity index (χ4v) is 5.78. The highest BCUT2D eigenvalue weighted by Gasteiger charge is 2.40. The molecule has 1 amide bonds. The van der Waals surface area contributed by atoms with Crippen LogP contribution in [0, 0.1) is 5.92 Å². The van der Waals surface area contributed by atoms with Gasteiger partial charge in [-0.3, -0.25) is 9.69 Å². The Morgan fingerprint density at radius 1 is 1.12 bits per heavy atom. The third-order valence-corrected chi connectivity index (χ3v) is 7.40. The Kier molecular flexibility index (Phi) is 5.07. The summed E-state index contributed by atoms with van der Waals surface area (Å²) < 4.78 is 0. The Labute approximate surface area is 155 Å². The molecule has 1 aromatic carbocycles. The van der Waals surface area contributed by atoms with E-state index in [9.17, 15) is 4.79 Å². The van der Waals surface area contributed by atoms with Crippen LogP contribution in [0.1, 0.15) is 49.9 Å². The number of thioether (sulfide) groups is 1. The molecule has 4 heterocycles. The summed E-state index contributed by atoms with van der Waals surface area (Å²) >= 11 is 1.87. The fourth-order valence-electron chi connectivity index (χ4n) is 4.61. The van der Waals surface area contributed by atoms with Gasteiger partial charge >= 0.3 is 0 Å². The Hall–Kier alpha value is -1.04. The summed E-state index contributed by atoms with van der Waals surface area (Å²) in [6, 6.07) is 9.50. The number of hydrogen-bond donors (Lipinski definition) is 2. The summed E-state index contributed by atoms with van der Waals surface area (Å²) in [6.45, 7) is 6.88. The quantitative estimate of drug-likeness (QED) is 0.867. The first-order chi connectivity index (χ1) is 12.1. The Bertz CT molecular complexity index is 610. The second-order valence-corrected chi connectivity index (χ2v) is 9.17. The van der Waals surface area contributed by atoms with E-state index in [-0.39, 0.29) is 5.91 Å². The molecule has 0 radical (unpaired) electrons. The SMILES string of the molecule is CC1CCC(Sc2ccc(C(=O)N[C@@H]3C4CCN(CC4)[C@H]3C)cc2)N1. The molecule has 2 bridgehead atoms. The van der Waals surface area contributed by atoms with Crippen LogP contribution in [0.4, 0.5) is 0 Å². The lowest BCUT2D eigenvalue weighted by Crippen LogP contribution is -2.62. The molecule has 4 aliphatic heterocycles. The predicted octanol–water partition coefficient (Wildman–Crippen LogP) is 3.09. The molecular formula is C20H29N3OS. The van der Waals surface area contributed by atoms with Gasteiger partial charge in [0, 0.05) is 28.6 Å². The molecule has 4 nitrogen and oxygen atoms in total. The smallest absolute Gasteiger partial charge is 0.251 e. The molecule has 0 aliphatic carbocycles. The standard InChI is InChI=1S/C20H29N3OS/c1-13-3-8-18(21-13)25-17-6-4-16(5-7-17)20(24)22-19-14(2)23-11-9-15(19)10-12-23/h4-7,13-15,18-19,21H,3,8-12H2,1-2H3,(H,22,24)/t13?,14-,18?,19-/m0/s1. The summed E-state index contributed by atoms with van der Waals surface area (Å²) in [5.41, 5.74) is 0.778. The number of nitrogens with one attached hydrogen (secondary N) is 2. The van der Waals surface area contributed by atoms with Crippen molar-refractivity contribution in [1.29, 1.82) is 0 Å². The summed E-state index contributed by atoms with van der Waals surface area (Å²) in [5, 5.41) is 7.41. The van der Waals surface area contributed by atoms with Gasteiger partial charge in [-0.25, -0.2) is 0 Å². The molecule has 25 heavy (non-hydrogen) atoms. The first-order valence-electron chi connectivity index (χ1n) is 9.68. The van der Waals surface area contributed by atoms with Crippen molar-refractivity contribution < 1.29 is 4.79 Å². The average molecular weight is 360 g/mol. The van der Waals surface area contributed by atoms with E-state index < -0.39 is 0 Å². The van der Waals surface area contributed by atoms with Gasteiger partial charge in [0.1, 0.15) is 0 Å². The van der Waals surface area contributed by atoms with Crippen molar-refractivity contribution in [2.75, 3.05) is 13.1 Å². The van der Waals surface area contributed by atoms with Crippen LogP contribution in [-0.4, -0.2) is 47.4 Å². The van der Waals surface area contributed by atoms with Crippen molar-refractivity contribution >= 4 is 17.7 Å². The number of hydrogen-bond acceptors (Lipinski definition) is 4. The van der Waals surface area contributed by atoms with Gasteiger partial charge in [-0.2, -0.15) is 0 Å². The number of rotatable bonds is 4. The third-order valence-electron chi connectivity index (χ3n) is 6.20. The van der Waals surface area contributed by atoms with E-state index in [0.717, 1.165) is 5.56 Å². The highest BCUT2D eigenvalue weighted by Crippen LogP contribution is 2.32. The zero-order valence-electron chi connectivity index (χ0n) is 15.2. The maximum Gasteiger partial charge on any atom is 0.251 e. The zero-order chi connectivity index (χ0) is 17.4. The van der Waals surface area contributed by atoms with E-state index in [1.165, 1.54) is 43.7 Å². The zero-order valence-corrected chi connectivity index (χ0v) is 16.0. The maximum atomic E-state index is 12.7. The molecule has 2 unspecified atom stereocenters. The van der Waals surface area contributed by atoms with Gasteiger partial charge in [0.05, 0.1) is 5.37 Å². The molecule has 2 N–H and O–H groups in total. The molecule has 4 fully saturated rings. The summed E-state index contributed by atoms with van der Waals surface area (Å²) in [5.74, 6) is 0.726. The van der Waals surface area contributed by atoms with Gasteiger partial charge in [0.15, 0.2) is 0 Å². The summed E-state index contributed by atoms with van der Waals surface area (Å²) in [7, 11) is 0. The van der Waals surface area contributed by atoms with Gasteiger partial charge in [-0.05, 0) is 82.8 Å². The van der Waals surface area contributed by atoms with Crippen LogP contribution < -0.4 is 10.6 Å². The van der Waals surface area contributed by atoms with Crippen LogP contribution >= 0.6 is 11.8 Å². The third kappa shape index (κ3) is 3.74. The largest absolute Gasteiger partial charge is 0.347 e. The van der Waals surface area contributed by atoms with Crippen LogP contribution in [0.5, 0.6) is 0 Å². The van der Waals surface area contributed by atoms with Gasteiger partial charge in [-0.15, -0.1) is 11.8 Å². The number of carbonyl (C=O) groups is 1. The predicted molar refractivity (Wildman–Crippen MR) is 103 cm³/mol. The second-order valence-electron chi connectivity index (χ2n) is 7.89. The monoisotopic (exact) mass is 359 g/mol. The summed E-state index contributed by atoms with van der Waals surface area (Å²) in [6.07, 6.45) is 4.90. The fraction of sp³-hybridized carbons (Fsp3) is 0.650. The number of benzene rings is 1. The van der Waals surface area contributed by atoms with E-state index in [1.807, 2.05) is 23.9 Å². The molecule has 5 heteroatoms. The van der Waals surface area contributed by atoms with Gasteiger partial charge in [-0.1, -0.05) is 0 Å². The molecule has 4 saturated heterocycles. The minimum Gasteiger partial charge on any atom is -0.347 e. The van der Waals surface area contributed by atoms with Crippen molar-refractivity contribution in [2.45, 2.75) is 67.9 Å². The molecule has 4 atom stereocenters. The topological polar surface area (TPSA) is 44.4 Å². The Balaban J connectivity index is 1.36. The molecule has 4 aliphatic rings. The highest BCUT2D eigenvalue weighted by atomic mass is 32.2. The van der Waals surface area contributed by atoms with Crippen molar-refractivity contribution in [1.82, 2.24) is 15.5 Å². The van der Waals surface area contributed by atoms with Crippen molar-refractivity contribution in [3.8, 4) is 0 Å². The Morgan fingerprint density at radius 3 is 2.44 bits per heavy atom. The van der Waals surface area contributed by atoms with E-state index in [4.69, 9.17) is 0 Å². The van der Waals surface area contributed by atoms with Gasteiger partial charge in [0.2, 0.25) is 0 Å². The first kappa shape index (κ1) is 17.4. The minimum absolute atomic E-state index is 0.0785. The molecule has 136 valence electrons. The first-order valence-corrected chi connectivity index (χ1v) is 10.6. The number of carbonyl (C=O) groups excluding carboxylic acids is 1. The lowest BCUT2D eigenvalue weighted by atomic mass is 9.79. The van der Waals surface area contributed by atoms with Crippen molar-refractivity contribution in [2.24, 2.45) is 5.92 Å². The van der Waals surface area contributed by atoms with Crippen LogP contribution in [0.15, 0.2) is 29.2 Å². The molecule has 0 spiro atoms. The Morgan fingerprint density at radius 2 is 1.84 bits per heavy atom. The van der Waals surface area contributed by atoms with Crippen LogP contribution in [-0.2, 0) is 0 Å². The van der Waals surface area contributed by atoms with Crippen LogP contribution in [0.25, 0.3) is 0 Å². The lowest BCUT2D eigenvalue weighted by Gasteiger charge is -2.49. The summed E-state index contributed by atoms with van der Waals surface area (Å²) in [4.78, 5) is 16.4. The maximum absolute atomic E-state index is 12.7. The minimum atomic E-state index is 0.0785. The van der Waals surface area contributed by atoms with Crippen molar-refractivity contribution in [3.05, 3.63) is 29.8 Å². The van der Waals surface area contributed by atoms with Crippen LogP contribution in [0.3, 0.4) is 0 Å². The van der Waals surface area contributed by atoms with Crippen molar-refractivity contribution in [3.63, 3.8) is 0 Å². The highest BCUT2D eigenvalue weighted by molar-refractivity contribution is 7.99. The molecule has 0 aromatic heterocycles. The number of amides is 1. The molecule has 1 aromatic rings. The van der Waals surface area contributed by atoms with Gasteiger partial charge < -0.3 is 10.6 Å². The van der Waals surface area contributed by atoms with E-state index in [1.54, 1.807) is 0 Å². The molecule has 5 rings (SSSR count). The number of fused-ring (bicyclic) bond motifs is 3. The average Bonchev–Trinajstić information content (AvgIpc) is 3.04. The molecular weight excluding hydrogens is 330 g/mol. The normalized spacial score (nSPS) is 37.2. The van der Waals surface area contributed by atoms with Crippen LogP contribution in [0.2, 0.25) is 0 Å². The number of piperidine rings is 3. The van der Waals surface area contributed by atoms with Gasteiger partial charge in [0.25, 0.3) is 5.91 Å². The second kappa shape index (κ2) is 7.29. The van der Waals surface area contributed by atoms with E-state index in [2.05, 4.69) is 41.5 Å². The van der Waals surface area contributed by atoms with E-state index >= 15 is 0 Å².